The molecule has 0 aromatic carbocycles. The van der Waals surface area contributed by atoms with E-state index in [4.69, 9.17) is 5.73 Å². The first-order chi connectivity index (χ1) is 7.73. The minimum Gasteiger partial charge on any atom is -0.368 e. The zero-order valence-corrected chi connectivity index (χ0v) is 9.93. The van der Waals surface area contributed by atoms with Crippen LogP contribution in [0.2, 0.25) is 0 Å². The van der Waals surface area contributed by atoms with Gasteiger partial charge in [0.25, 0.3) is 0 Å². The van der Waals surface area contributed by atoms with Crippen molar-refractivity contribution in [2.24, 2.45) is 5.73 Å². The minimum absolute atomic E-state index is 0.167. The molecule has 0 unspecified atom stereocenters. The standard InChI is InChI=1S/C12H23N3O/c13-11(16)12(6-8-14-9-7-12)15-10-4-2-1-3-5-10/h10,14-15H,1-9H2,(H2,13,16). The second-order valence-electron chi connectivity index (χ2n) is 5.18. The summed E-state index contributed by atoms with van der Waals surface area (Å²) in [5, 5.41) is 6.84. The van der Waals surface area contributed by atoms with Crippen molar-refractivity contribution in [2.75, 3.05) is 13.1 Å². The van der Waals surface area contributed by atoms with Gasteiger partial charge >= 0.3 is 0 Å². The third-order valence-corrected chi connectivity index (χ3v) is 4.01. The van der Waals surface area contributed by atoms with Crippen LogP contribution in [0.5, 0.6) is 0 Å². The van der Waals surface area contributed by atoms with Crippen molar-refractivity contribution in [1.82, 2.24) is 10.6 Å². The number of carbonyl (C=O) groups is 1. The number of rotatable bonds is 3. The Morgan fingerprint density at radius 1 is 1.19 bits per heavy atom. The van der Waals surface area contributed by atoms with E-state index in [1.165, 1.54) is 32.1 Å². The lowest BCUT2D eigenvalue weighted by atomic mass is 9.84. The molecule has 16 heavy (non-hydrogen) atoms. The van der Waals surface area contributed by atoms with Gasteiger partial charge in [-0.05, 0) is 38.8 Å². The molecule has 0 aromatic rings. The second kappa shape index (κ2) is 5.15. The molecule has 2 rings (SSSR count). The highest BCUT2D eigenvalue weighted by atomic mass is 16.1. The Morgan fingerprint density at radius 2 is 1.81 bits per heavy atom. The van der Waals surface area contributed by atoms with Gasteiger partial charge in [-0.25, -0.2) is 0 Å². The average Bonchev–Trinajstić information content (AvgIpc) is 2.31. The van der Waals surface area contributed by atoms with Crippen LogP contribution in [0.25, 0.3) is 0 Å². The highest BCUT2D eigenvalue weighted by Crippen LogP contribution is 2.24. The summed E-state index contributed by atoms with van der Waals surface area (Å²) in [6, 6.07) is 0.499. The molecule has 4 nitrogen and oxygen atoms in total. The molecule has 4 heteroatoms. The normalized spacial score (nSPS) is 26.5. The van der Waals surface area contributed by atoms with Crippen LogP contribution in [0.15, 0.2) is 0 Å². The van der Waals surface area contributed by atoms with E-state index in [2.05, 4.69) is 10.6 Å². The molecule has 2 fully saturated rings. The quantitative estimate of drug-likeness (QED) is 0.656. The van der Waals surface area contributed by atoms with Gasteiger partial charge in [0, 0.05) is 6.04 Å². The van der Waals surface area contributed by atoms with E-state index >= 15 is 0 Å². The molecule has 1 heterocycles. The van der Waals surface area contributed by atoms with E-state index in [-0.39, 0.29) is 5.91 Å². The maximum atomic E-state index is 11.7. The predicted molar refractivity (Wildman–Crippen MR) is 64.0 cm³/mol. The number of carbonyl (C=O) groups excluding carboxylic acids is 1. The molecule has 1 amide bonds. The average molecular weight is 225 g/mol. The molecule has 4 N–H and O–H groups in total. The van der Waals surface area contributed by atoms with Crippen LogP contribution >= 0.6 is 0 Å². The zero-order valence-electron chi connectivity index (χ0n) is 9.93. The van der Waals surface area contributed by atoms with Crippen LogP contribution in [0.1, 0.15) is 44.9 Å². The van der Waals surface area contributed by atoms with Gasteiger partial charge < -0.3 is 16.4 Å². The maximum absolute atomic E-state index is 11.7. The molecule has 1 aliphatic heterocycles. The molecule has 1 aliphatic carbocycles. The lowest BCUT2D eigenvalue weighted by Crippen LogP contribution is -2.63. The number of hydrogen-bond acceptors (Lipinski definition) is 3. The van der Waals surface area contributed by atoms with Crippen molar-refractivity contribution >= 4 is 5.91 Å². The maximum Gasteiger partial charge on any atom is 0.237 e. The molecule has 0 aromatic heterocycles. The summed E-state index contributed by atoms with van der Waals surface area (Å²) in [6.45, 7) is 1.78. The Morgan fingerprint density at radius 3 is 2.38 bits per heavy atom. The Labute approximate surface area is 97.3 Å². The fraction of sp³-hybridized carbons (Fsp3) is 0.917. The lowest BCUT2D eigenvalue weighted by Gasteiger charge is -2.39. The smallest absolute Gasteiger partial charge is 0.237 e. The molecule has 0 atom stereocenters. The van der Waals surface area contributed by atoms with Gasteiger partial charge in [-0.15, -0.1) is 0 Å². The van der Waals surface area contributed by atoms with E-state index in [0.29, 0.717) is 6.04 Å². The van der Waals surface area contributed by atoms with E-state index in [0.717, 1.165) is 25.9 Å². The van der Waals surface area contributed by atoms with Gasteiger partial charge in [0.2, 0.25) is 5.91 Å². The van der Waals surface area contributed by atoms with E-state index in [1.54, 1.807) is 0 Å². The van der Waals surface area contributed by atoms with Gasteiger partial charge in [-0.3, -0.25) is 4.79 Å². The van der Waals surface area contributed by atoms with Crippen molar-refractivity contribution in [2.45, 2.75) is 56.5 Å². The van der Waals surface area contributed by atoms with Gasteiger partial charge in [0.15, 0.2) is 0 Å². The molecular formula is C12H23N3O. The lowest BCUT2D eigenvalue weighted by molar-refractivity contribution is -0.126. The van der Waals surface area contributed by atoms with Crippen molar-refractivity contribution in [3.8, 4) is 0 Å². The fourth-order valence-corrected chi connectivity index (χ4v) is 2.95. The molecular weight excluding hydrogens is 202 g/mol. The first kappa shape index (κ1) is 11.9. The molecule has 0 radical (unpaired) electrons. The van der Waals surface area contributed by atoms with Crippen LogP contribution in [-0.4, -0.2) is 30.6 Å². The van der Waals surface area contributed by atoms with Crippen molar-refractivity contribution in [3.63, 3.8) is 0 Å². The molecule has 2 aliphatic rings. The Hall–Kier alpha value is -0.610. The minimum atomic E-state index is -0.437. The van der Waals surface area contributed by atoms with Crippen LogP contribution in [0.3, 0.4) is 0 Å². The van der Waals surface area contributed by atoms with Crippen LogP contribution in [-0.2, 0) is 4.79 Å². The third kappa shape index (κ3) is 2.55. The second-order valence-corrected chi connectivity index (χ2v) is 5.18. The molecule has 0 bridgehead atoms. The van der Waals surface area contributed by atoms with Crippen molar-refractivity contribution < 1.29 is 4.79 Å². The van der Waals surface area contributed by atoms with Crippen LogP contribution < -0.4 is 16.4 Å². The summed E-state index contributed by atoms with van der Waals surface area (Å²) in [5.74, 6) is -0.167. The van der Waals surface area contributed by atoms with Crippen LogP contribution in [0.4, 0.5) is 0 Å². The van der Waals surface area contributed by atoms with E-state index < -0.39 is 5.54 Å². The zero-order chi connectivity index (χ0) is 11.4. The summed E-state index contributed by atoms with van der Waals surface area (Å²) >= 11 is 0. The number of piperidine rings is 1. The van der Waals surface area contributed by atoms with Gasteiger partial charge in [-0.2, -0.15) is 0 Å². The molecule has 92 valence electrons. The van der Waals surface area contributed by atoms with Crippen LogP contribution in [0, 0.1) is 0 Å². The molecule has 1 saturated carbocycles. The third-order valence-electron chi connectivity index (χ3n) is 4.01. The molecule has 0 spiro atoms. The summed E-state index contributed by atoms with van der Waals surface area (Å²) in [4.78, 5) is 11.7. The molecule has 1 saturated heterocycles. The SMILES string of the molecule is NC(=O)C1(NC2CCCCC2)CCNCC1. The first-order valence-electron chi connectivity index (χ1n) is 6.51. The van der Waals surface area contributed by atoms with E-state index in [9.17, 15) is 4.79 Å². The number of amides is 1. The van der Waals surface area contributed by atoms with Crippen molar-refractivity contribution in [1.29, 1.82) is 0 Å². The Bertz CT molecular complexity index is 243. The highest BCUT2D eigenvalue weighted by molar-refractivity contribution is 5.84. The number of nitrogens with one attached hydrogen (secondary N) is 2. The van der Waals surface area contributed by atoms with Gasteiger partial charge in [-0.1, -0.05) is 19.3 Å². The summed E-state index contributed by atoms with van der Waals surface area (Å²) in [5.41, 5.74) is 5.15. The first-order valence-corrected chi connectivity index (χ1v) is 6.51. The van der Waals surface area contributed by atoms with Gasteiger partial charge in [0.1, 0.15) is 5.54 Å². The summed E-state index contributed by atoms with van der Waals surface area (Å²) in [7, 11) is 0. The van der Waals surface area contributed by atoms with E-state index in [1.807, 2.05) is 0 Å². The fourth-order valence-electron chi connectivity index (χ4n) is 2.95. The summed E-state index contributed by atoms with van der Waals surface area (Å²) < 4.78 is 0. The number of hydrogen-bond donors (Lipinski definition) is 3. The van der Waals surface area contributed by atoms with Crippen molar-refractivity contribution in [3.05, 3.63) is 0 Å². The van der Waals surface area contributed by atoms with Gasteiger partial charge in [0.05, 0.1) is 0 Å². The summed E-state index contributed by atoms with van der Waals surface area (Å²) in [6.07, 6.45) is 7.96. The number of nitrogens with two attached hydrogens (primary N) is 1. The monoisotopic (exact) mass is 225 g/mol. The predicted octanol–water partition coefficient (Wildman–Crippen LogP) is 0.516. The topological polar surface area (TPSA) is 67.2 Å². The largest absolute Gasteiger partial charge is 0.368 e. The Kier molecular flexibility index (Phi) is 3.82. The Balaban J connectivity index is 1.98. The highest BCUT2D eigenvalue weighted by Gasteiger charge is 2.39. The number of primary amides is 1.